The molecule has 2 aromatic rings. The topological polar surface area (TPSA) is 49.3 Å². The fourth-order valence-corrected chi connectivity index (χ4v) is 1.89. The zero-order valence-electron chi connectivity index (χ0n) is 9.81. The number of benzene rings is 2. The van der Waals surface area contributed by atoms with Gasteiger partial charge in [0.25, 0.3) is 0 Å². The summed E-state index contributed by atoms with van der Waals surface area (Å²) in [5.41, 5.74) is 0.595. The summed E-state index contributed by atoms with van der Waals surface area (Å²) >= 11 is 5.78. The highest BCUT2D eigenvalue weighted by atomic mass is 35.5. The van der Waals surface area contributed by atoms with Gasteiger partial charge in [-0.3, -0.25) is 0 Å². The third kappa shape index (κ3) is 3.23. The molecule has 0 saturated heterocycles. The van der Waals surface area contributed by atoms with E-state index < -0.39 is 17.8 Å². The number of para-hydroxylation sites is 1. The van der Waals surface area contributed by atoms with Crippen molar-refractivity contribution < 1.29 is 14.3 Å². The second kappa shape index (κ2) is 5.71. The van der Waals surface area contributed by atoms with Gasteiger partial charge in [-0.1, -0.05) is 29.8 Å². The van der Waals surface area contributed by atoms with Crippen molar-refractivity contribution in [2.75, 3.05) is 5.32 Å². The quantitative estimate of drug-likeness (QED) is 0.897. The number of hydrogen-bond acceptors (Lipinski definition) is 2. The lowest BCUT2D eigenvalue weighted by Crippen LogP contribution is -2.21. The van der Waals surface area contributed by atoms with Gasteiger partial charge in [0.15, 0.2) is 6.04 Å². The lowest BCUT2D eigenvalue weighted by molar-refractivity contribution is -0.138. The van der Waals surface area contributed by atoms with Crippen molar-refractivity contribution in [2.45, 2.75) is 6.04 Å². The van der Waals surface area contributed by atoms with Crippen LogP contribution in [-0.2, 0) is 4.79 Å². The molecule has 0 aliphatic rings. The summed E-state index contributed by atoms with van der Waals surface area (Å²) in [6.07, 6.45) is 0. The number of carboxylic acids is 1. The zero-order valence-corrected chi connectivity index (χ0v) is 10.6. The minimum absolute atomic E-state index is 0.00357. The standard InChI is InChI=1S/C14H11ClFNO2/c15-9-6-7-12(16)11(8-9)13(14(18)19)17-10-4-2-1-3-5-10/h1-8,13,17H,(H,18,19). The maximum atomic E-state index is 13.7. The van der Waals surface area contributed by atoms with Gasteiger partial charge >= 0.3 is 5.97 Å². The Hall–Kier alpha value is -2.07. The number of aliphatic carboxylic acids is 1. The number of carbonyl (C=O) groups is 1. The van der Waals surface area contributed by atoms with Gasteiger partial charge in [-0.15, -0.1) is 0 Å². The molecule has 1 atom stereocenters. The van der Waals surface area contributed by atoms with E-state index >= 15 is 0 Å². The largest absolute Gasteiger partial charge is 0.479 e. The van der Waals surface area contributed by atoms with Crippen LogP contribution in [0.1, 0.15) is 11.6 Å². The van der Waals surface area contributed by atoms with E-state index in [4.69, 9.17) is 11.6 Å². The molecule has 2 N–H and O–H groups in total. The maximum Gasteiger partial charge on any atom is 0.330 e. The van der Waals surface area contributed by atoms with E-state index in [2.05, 4.69) is 5.32 Å². The van der Waals surface area contributed by atoms with E-state index in [1.165, 1.54) is 12.1 Å². The lowest BCUT2D eigenvalue weighted by Gasteiger charge is -2.17. The highest BCUT2D eigenvalue weighted by Crippen LogP contribution is 2.25. The zero-order chi connectivity index (χ0) is 13.8. The first kappa shape index (κ1) is 13.4. The molecule has 1 unspecified atom stereocenters. The molecule has 0 amide bonds. The molecular weight excluding hydrogens is 269 g/mol. The molecule has 0 aliphatic carbocycles. The second-order valence-electron chi connectivity index (χ2n) is 3.95. The molecule has 5 heteroatoms. The van der Waals surface area contributed by atoms with E-state index in [9.17, 15) is 14.3 Å². The van der Waals surface area contributed by atoms with Crippen molar-refractivity contribution >= 4 is 23.3 Å². The average Bonchev–Trinajstić information content (AvgIpc) is 2.40. The predicted octanol–water partition coefficient (Wildman–Crippen LogP) is 3.72. The van der Waals surface area contributed by atoms with Crippen molar-refractivity contribution in [3.63, 3.8) is 0 Å². The molecule has 2 rings (SSSR count). The second-order valence-corrected chi connectivity index (χ2v) is 4.38. The van der Waals surface area contributed by atoms with Gasteiger partial charge in [0, 0.05) is 16.3 Å². The summed E-state index contributed by atoms with van der Waals surface area (Å²) in [5.74, 6) is -1.79. The van der Waals surface area contributed by atoms with Crippen LogP contribution in [0.2, 0.25) is 5.02 Å². The Labute approximate surface area is 114 Å². The molecule has 0 bridgehead atoms. The highest BCUT2D eigenvalue weighted by molar-refractivity contribution is 6.30. The summed E-state index contributed by atoms with van der Waals surface area (Å²) in [7, 11) is 0. The summed E-state index contributed by atoms with van der Waals surface area (Å²) in [5, 5.41) is 12.3. The highest BCUT2D eigenvalue weighted by Gasteiger charge is 2.23. The molecule has 19 heavy (non-hydrogen) atoms. The van der Waals surface area contributed by atoms with Crippen LogP contribution in [0.5, 0.6) is 0 Å². The monoisotopic (exact) mass is 279 g/mol. The van der Waals surface area contributed by atoms with Gasteiger partial charge in [0.05, 0.1) is 0 Å². The van der Waals surface area contributed by atoms with Crippen LogP contribution in [0.4, 0.5) is 10.1 Å². The first-order valence-corrected chi connectivity index (χ1v) is 5.95. The Bertz CT molecular complexity index is 589. The van der Waals surface area contributed by atoms with Gasteiger partial charge in [0.1, 0.15) is 5.82 Å². The van der Waals surface area contributed by atoms with Crippen LogP contribution >= 0.6 is 11.6 Å². The number of hydrogen-bond donors (Lipinski definition) is 2. The number of anilines is 1. The van der Waals surface area contributed by atoms with Crippen LogP contribution in [0.3, 0.4) is 0 Å². The van der Waals surface area contributed by atoms with E-state index in [1.807, 2.05) is 0 Å². The van der Waals surface area contributed by atoms with Crippen molar-refractivity contribution in [2.24, 2.45) is 0 Å². The molecule has 0 aromatic heterocycles. The molecule has 98 valence electrons. The number of rotatable bonds is 4. The van der Waals surface area contributed by atoms with Crippen LogP contribution in [0.15, 0.2) is 48.5 Å². The molecule has 0 aliphatic heterocycles. The summed E-state index contributed by atoms with van der Waals surface area (Å²) in [6, 6.07) is 11.4. The molecule has 0 spiro atoms. The molecule has 0 heterocycles. The third-order valence-corrected chi connectivity index (χ3v) is 2.84. The molecule has 2 aromatic carbocycles. The van der Waals surface area contributed by atoms with E-state index in [1.54, 1.807) is 30.3 Å². The summed E-state index contributed by atoms with van der Waals surface area (Å²) < 4.78 is 13.7. The lowest BCUT2D eigenvalue weighted by atomic mass is 10.1. The van der Waals surface area contributed by atoms with Crippen molar-refractivity contribution in [3.8, 4) is 0 Å². The molecule has 0 saturated carbocycles. The first-order valence-electron chi connectivity index (χ1n) is 5.57. The predicted molar refractivity (Wildman–Crippen MR) is 71.9 cm³/mol. The Kier molecular flexibility index (Phi) is 4.02. The Morgan fingerprint density at radius 2 is 1.89 bits per heavy atom. The van der Waals surface area contributed by atoms with Crippen molar-refractivity contribution in [1.29, 1.82) is 0 Å². The van der Waals surface area contributed by atoms with Gasteiger partial charge in [-0.2, -0.15) is 0 Å². The Balaban J connectivity index is 2.35. The Morgan fingerprint density at radius 1 is 1.21 bits per heavy atom. The average molecular weight is 280 g/mol. The number of carboxylic acid groups (broad SMARTS) is 1. The van der Waals surface area contributed by atoms with Gasteiger partial charge < -0.3 is 10.4 Å². The van der Waals surface area contributed by atoms with Gasteiger partial charge in [-0.25, -0.2) is 9.18 Å². The minimum Gasteiger partial charge on any atom is -0.479 e. The maximum absolute atomic E-state index is 13.7. The van der Waals surface area contributed by atoms with E-state index in [0.717, 1.165) is 6.07 Å². The molecule has 0 radical (unpaired) electrons. The normalized spacial score (nSPS) is 11.9. The smallest absolute Gasteiger partial charge is 0.330 e. The fraction of sp³-hybridized carbons (Fsp3) is 0.0714. The molecule has 3 nitrogen and oxygen atoms in total. The van der Waals surface area contributed by atoms with E-state index in [-0.39, 0.29) is 10.6 Å². The number of halogens is 2. The van der Waals surface area contributed by atoms with Crippen molar-refractivity contribution in [1.82, 2.24) is 0 Å². The van der Waals surface area contributed by atoms with Crippen LogP contribution < -0.4 is 5.32 Å². The van der Waals surface area contributed by atoms with Crippen LogP contribution in [0, 0.1) is 5.82 Å². The van der Waals surface area contributed by atoms with Crippen molar-refractivity contribution in [3.05, 3.63) is 64.9 Å². The fourth-order valence-electron chi connectivity index (χ4n) is 1.71. The first-order chi connectivity index (χ1) is 9.08. The molecule has 0 fully saturated rings. The van der Waals surface area contributed by atoms with Crippen LogP contribution in [0.25, 0.3) is 0 Å². The summed E-state index contributed by atoms with van der Waals surface area (Å²) in [6.45, 7) is 0. The van der Waals surface area contributed by atoms with Gasteiger partial charge in [0.2, 0.25) is 0 Å². The minimum atomic E-state index is -1.19. The Morgan fingerprint density at radius 3 is 2.53 bits per heavy atom. The van der Waals surface area contributed by atoms with E-state index in [0.29, 0.717) is 5.69 Å². The SMILES string of the molecule is O=C(O)C(Nc1ccccc1)c1cc(Cl)ccc1F. The van der Waals surface area contributed by atoms with Crippen LogP contribution in [-0.4, -0.2) is 11.1 Å². The molecular formula is C14H11ClFNO2. The van der Waals surface area contributed by atoms with Gasteiger partial charge in [-0.05, 0) is 30.3 Å². The third-order valence-electron chi connectivity index (χ3n) is 2.60. The summed E-state index contributed by atoms with van der Waals surface area (Å²) in [4.78, 5) is 11.3. The number of nitrogens with one attached hydrogen (secondary N) is 1.